The summed E-state index contributed by atoms with van der Waals surface area (Å²) in [6.45, 7) is 4.82. The van der Waals surface area contributed by atoms with Gasteiger partial charge in [0.15, 0.2) is 0 Å². The fraction of sp³-hybridized carbons (Fsp3) is 0.250. The van der Waals surface area contributed by atoms with Gasteiger partial charge in [0.25, 0.3) is 0 Å². The first kappa shape index (κ1) is 18.1. The summed E-state index contributed by atoms with van der Waals surface area (Å²) >= 11 is 6.11. The Balaban J connectivity index is 2.44. The molecule has 0 bridgehead atoms. The second-order valence-electron chi connectivity index (χ2n) is 5.20. The minimum absolute atomic E-state index is 0.331. The minimum Gasteiger partial charge on any atom is -0.494 e. The van der Waals surface area contributed by atoms with Crippen LogP contribution in [0.1, 0.15) is 31.4 Å². The number of carbonyl (C=O) groups excluding carboxylic acids is 1. The molecule has 0 unspecified atom stereocenters. The van der Waals surface area contributed by atoms with E-state index in [1.54, 1.807) is 13.0 Å². The standard InChI is InChI=1S/C20H21ClO3/c1-3-11-24-18-10-6-8-16(13-18)19(14-20(22)23-4-2)15-7-5-9-17(21)12-15/h5-10,12-14H,3-4,11H2,1-2H3/b19-14+. The van der Waals surface area contributed by atoms with Gasteiger partial charge in [0.2, 0.25) is 0 Å². The molecule has 0 saturated carbocycles. The lowest BCUT2D eigenvalue weighted by atomic mass is 9.97. The quantitative estimate of drug-likeness (QED) is 0.516. The van der Waals surface area contributed by atoms with Crippen molar-refractivity contribution in [2.24, 2.45) is 0 Å². The fourth-order valence-corrected chi connectivity index (χ4v) is 2.45. The predicted molar refractivity (Wildman–Crippen MR) is 97.4 cm³/mol. The van der Waals surface area contributed by atoms with Crippen molar-refractivity contribution in [1.82, 2.24) is 0 Å². The first-order valence-corrected chi connectivity index (χ1v) is 8.39. The third-order valence-electron chi connectivity index (χ3n) is 3.30. The molecule has 0 aromatic heterocycles. The number of ether oxygens (including phenoxy) is 2. The Morgan fingerprint density at radius 3 is 2.46 bits per heavy atom. The number of hydrogen-bond donors (Lipinski definition) is 0. The number of rotatable bonds is 7. The van der Waals surface area contributed by atoms with Gasteiger partial charge in [-0.15, -0.1) is 0 Å². The summed E-state index contributed by atoms with van der Waals surface area (Å²) in [5, 5.41) is 0.612. The fourth-order valence-electron chi connectivity index (χ4n) is 2.26. The zero-order valence-electron chi connectivity index (χ0n) is 13.9. The van der Waals surface area contributed by atoms with Crippen LogP contribution in [0, 0.1) is 0 Å². The normalized spacial score (nSPS) is 11.2. The summed E-state index contributed by atoms with van der Waals surface area (Å²) in [5.41, 5.74) is 2.47. The molecular weight excluding hydrogens is 324 g/mol. The van der Waals surface area contributed by atoms with Gasteiger partial charge < -0.3 is 9.47 Å². The molecule has 2 aromatic rings. The molecule has 24 heavy (non-hydrogen) atoms. The number of benzene rings is 2. The van der Waals surface area contributed by atoms with Crippen molar-refractivity contribution >= 4 is 23.1 Å². The average Bonchev–Trinajstić information content (AvgIpc) is 2.58. The Bertz CT molecular complexity index is 722. The molecule has 3 nitrogen and oxygen atoms in total. The van der Waals surface area contributed by atoms with Crippen LogP contribution >= 0.6 is 11.6 Å². The van der Waals surface area contributed by atoms with Gasteiger partial charge in [-0.1, -0.05) is 42.8 Å². The molecule has 0 amide bonds. The van der Waals surface area contributed by atoms with Gasteiger partial charge in [0, 0.05) is 11.1 Å². The van der Waals surface area contributed by atoms with Crippen LogP contribution in [0.3, 0.4) is 0 Å². The van der Waals surface area contributed by atoms with Crippen LogP contribution in [0.15, 0.2) is 54.6 Å². The molecular formula is C20H21ClO3. The van der Waals surface area contributed by atoms with E-state index in [4.69, 9.17) is 21.1 Å². The van der Waals surface area contributed by atoms with Crippen molar-refractivity contribution in [1.29, 1.82) is 0 Å². The molecule has 126 valence electrons. The maximum absolute atomic E-state index is 12.0. The van der Waals surface area contributed by atoms with Crippen molar-refractivity contribution < 1.29 is 14.3 Å². The second-order valence-corrected chi connectivity index (χ2v) is 5.63. The monoisotopic (exact) mass is 344 g/mol. The summed E-state index contributed by atoms with van der Waals surface area (Å²) in [5.74, 6) is 0.387. The van der Waals surface area contributed by atoms with E-state index in [1.165, 1.54) is 6.08 Å². The lowest BCUT2D eigenvalue weighted by Crippen LogP contribution is -2.02. The molecule has 0 aliphatic heterocycles. The van der Waals surface area contributed by atoms with Crippen LogP contribution in [0.4, 0.5) is 0 Å². The Labute approximate surface area is 147 Å². The number of carbonyl (C=O) groups is 1. The van der Waals surface area contributed by atoms with E-state index in [9.17, 15) is 4.79 Å². The Morgan fingerprint density at radius 1 is 1.08 bits per heavy atom. The van der Waals surface area contributed by atoms with Crippen LogP contribution < -0.4 is 4.74 Å². The van der Waals surface area contributed by atoms with Crippen LogP contribution in [-0.2, 0) is 9.53 Å². The highest BCUT2D eigenvalue weighted by atomic mass is 35.5. The largest absolute Gasteiger partial charge is 0.494 e. The van der Waals surface area contributed by atoms with Crippen LogP contribution in [0.2, 0.25) is 5.02 Å². The van der Waals surface area contributed by atoms with Crippen molar-refractivity contribution in [2.45, 2.75) is 20.3 Å². The van der Waals surface area contributed by atoms with E-state index in [0.717, 1.165) is 28.9 Å². The molecule has 2 rings (SSSR count). The van der Waals surface area contributed by atoms with Gasteiger partial charge in [-0.2, -0.15) is 0 Å². The zero-order valence-corrected chi connectivity index (χ0v) is 14.7. The highest BCUT2D eigenvalue weighted by Gasteiger charge is 2.10. The highest BCUT2D eigenvalue weighted by molar-refractivity contribution is 6.30. The smallest absolute Gasteiger partial charge is 0.331 e. The average molecular weight is 345 g/mol. The van der Waals surface area contributed by atoms with Gasteiger partial charge in [-0.05, 0) is 54.3 Å². The predicted octanol–water partition coefficient (Wildman–Crippen LogP) is 5.12. The van der Waals surface area contributed by atoms with E-state index in [2.05, 4.69) is 6.92 Å². The maximum Gasteiger partial charge on any atom is 0.331 e. The SMILES string of the molecule is CCCOc1cccc(/C(=C/C(=O)OCC)c2cccc(Cl)c2)c1. The number of halogens is 1. The molecule has 0 spiro atoms. The topological polar surface area (TPSA) is 35.5 Å². The summed E-state index contributed by atoms with van der Waals surface area (Å²) in [6, 6.07) is 15.1. The summed E-state index contributed by atoms with van der Waals surface area (Å²) < 4.78 is 10.7. The van der Waals surface area contributed by atoms with E-state index >= 15 is 0 Å². The van der Waals surface area contributed by atoms with Crippen molar-refractivity contribution in [3.05, 3.63) is 70.8 Å². The van der Waals surface area contributed by atoms with E-state index in [-0.39, 0.29) is 5.97 Å². The molecule has 0 radical (unpaired) electrons. The molecule has 0 atom stereocenters. The van der Waals surface area contributed by atoms with E-state index in [1.807, 2.05) is 42.5 Å². The molecule has 2 aromatic carbocycles. The Hall–Kier alpha value is -2.26. The minimum atomic E-state index is -0.382. The lowest BCUT2D eigenvalue weighted by Gasteiger charge is -2.11. The Morgan fingerprint density at radius 2 is 1.79 bits per heavy atom. The molecule has 0 aliphatic rings. The van der Waals surface area contributed by atoms with Gasteiger partial charge >= 0.3 is 5.97 Å². The summed E-state index contributed by atoms with van der Waals surface area (Å²) in [7, 11) is 0. The molecule has 0 fully saturated rings. The van der Waals surface area contributed by atoms with Crippen LogP contribution in [0.5, 0.6) is 5.75 Å². The van der Waals surface area contributed by atoms with Crippen molar-refractivity contribution in [3.8, 4) is 5.75 Å². The highest BCUT2D eigenvalue weighted by Crippen LogP contribution is 2.28. The first-order valence-electron chi connectivity index (χ1n) is 8.01. The van der Waals surface area contributed by atoms with E-state index in [0.29, 0.717) is 18.2 Å². The first-order chi connectivity index (χ1) is 11.6. The van der Waals surface area contributed by atoms with Gasteiger partial charge in [0.1, 0.15) is 5.75 Å². The van der Waals surface area contributed by atoms with Gasteiger partial charge in [0.05, 0.1) is 13.2 Å². The number of esters is 1. The molecule has 0 saturated heterocycles. The van der Waals surface area contributed by atoms with E-state index < -0.39 is 0 Å². The molecule has 0 aliphatic carbocycles. The van der Waals surface area contributed by atoms with Crippen LogP contribution in [-0.4, -0.2) is 19.2 Å². The number of hydrogen-bond acceptors (Lipinski definition) is 3. The van der Waals surface area contributed by atoms with Gasteiger partial charge in [-0.3, -0.25) is 0 Å². The third kappa shape index (κ3) is 5.14. The van der Waals surface area contributed by atoms with Gasteiger partial charge in [-0.25, -0.2) is 4.79 Å². The third-order valence-corrected chi connectivity index (χ3v) is 3.54. The van der Waals surface area contributed by atoms with Crippen molar-refractivity contribution in [2.75, 3.05) is 13.2 Å². The molecule has 0 heterocycles. The zero-order chi connectivity index (χ0) is 17.4. The Kier molecular flexibility index (Phi) is 6.89. The summed E-state index contributed by atoms with van der Waals surface area (Å²) in [4.78, 5) is 12.0. The molecule has 4 heteroatoms. The van der Waals surface area contributed by atoms with Crippen molar-refractivity contribution in [3.63, 3.8) is 0 Å². The molecule has 0 N–H and O–H groups in total. The lowest BCUT2D eigenvalue weighted by molar-refractivity contribution is -0.137. The maximum atomic E-state index is 12.0. The van der Waals surface area contributed by atoms with Crippen LogP contribution in [0.25, 0.3) is 5.57 Å². The second kappa shape index (κ2) is 9.14. The summed E-state index contributed by atoms with van der Waals surface area (Å²) in [6.07, 6.45) is 2.43.